The van der Waals surface area contributed by atoms with Gasteiger partial charge >= 0.3 is 18.1 Å². The number of methoxy groups -OCH3 is 2. The van der Waals surface area contributed by atoms with Crippen molar-refractivity contribution in [3.63, 3.8) is 0 Å². The Morgan fingerprint density at radius 2 is 1.67 bits per heavy atom. The van der Waals surface area contributed by atoms with Crippen LogP contribution in [0.2, 0.25) is 0 Å². The second kappa shape index (κ2) is 10.3. The molecule has 1 unspecified atom stereocenters. The van der Waals surface area contributed by atoms with E-state index < -0.39 is 40.9 Å². The molecule has 12 heteroatoms. The fraction of sp³-hybridized carbons (Fsp3) is 0.167. The van der Waals surface area contributed by atoms with Crippen LogP contribution in [-0.2, 0) is 25.2 Å². The summed E-state index contributed by atoms with van der Waals surface area (Å²) in [5.74, 6) is -3.62. The minimum Gasteiger partial charge on any atom is -0.466 e. The Balaban J connectivity index is 2.50. The zero-order valence-corrected chi connectivity index (χ0v) is 20.8. The molecule has 1 heterocycles. The van der Waals surface area contributed by atoms with Crippen LogP contribution in [0.5, 0.6) is 0 Å². The average Bonchev–Trinajstić information content (AvgIpc) is 2.86. The Morgan fingerprint density at radius 3 is 2.17 bits per heavy atom. The van der Waals surface area contributed by atoms with Gasteiger partial charge in [-0.15, -0.1) is 0 Å². The number of nitrogens with zero attached hydrogens (tertiary/aromatic N) is 3. The number of halogens is 4. The predicted molar refractivity (Wildman–Crippen MR) is 128 cm³/mol. The highest BCUT2D eigenvalue weighted by atomic mass is 127. The smallest absolute Gasteiger partial charge is 0.416 e. The largest absolute Gasteiger partial charge is 0.466 e. The van der Waals surface area contributed by atoms with E-state index >= 15 is 0 Å². The Bertz CT molecular complexity index is 1390. The summed E-state index contributed by atoms with van der Waals surface area (Å²) in [5, 5.41) is 19.8. The highest BCUT2D eigenvalue weighted by Crippen LogP contribution is 2.46. The summed E-state index contributed by atoms with van der Waals surface area (Å²) in [6.45, 7) is 0. The van der Waals surface area contributed by atoms with Gasteiger partial charge in [-0.05, 0) is 40.3 Å². The number of rotatable bonds is 4. The molecule has 184 valence electrons. The van der Waals surface area contributed by atoms with E-state index in [0.29, 0.717) is 11.6 Å². The molecule has 3 rings (SSSR count). The van der Waals surface area contributed by atoms with Gasteiger partial charge in [0.2, 0.25) is 0 Å². The molecule has 1 atom stereocenters. The zero-order valence-electron chi connectivity index (χ0n) is 18.7. The number of nitrogens with two attached hydrogens (primary N) is 1. The molecule has 0 fully saturated rings. The van der Waals surface area contributed by atoms with E-state index in [1.54, 1.807) is 59.0 Å². The maximum atomic E-state index is 13.4. The number of hydrogen-bond donors (Lipinski definition) is 1. The number of hydrogen-bond acceptors (Lipinski definition) is 8. The van der Waals surface area contributed by atoms with E-state index in [4.69, 9.17) is 15.2 Å². The lowest BCUT2D eigenvalue weighted by atomic mass is 9.80. The monoisotopic (exact) mass is 608 g/mol. The second-order valence-corrected chi connectivity index (χ2v) is 8.46. The highest BCUT2D eigenvalue weighted by molar-refractivity contribution is 14.1. The van der Waals surface area contributed by atoms with Gasteiger partial charge in [0.05, 0.1) is 54.2 Å². The van der Waals surface area contributed by atoms with Gasteiger partial charge in [-0.1, -0.05) is 30.3 Å². The molecule has 2 aromatic rings. The highest BCUT2D eigenvalue weighted by Gasteiger charge is 2.44. The van der Waals surface area contributed by atoms with Gasteiger partial charge in [0.15, 0.2) is 0 Å². The number of carbonyl (C=O) groups excluding carboxylic acids is 2. The van der Waals surface area contributed by atoms with Gasteiger partial charge in [0.1, 0.15) is 17.6 Å². The first-order valence-corrected chi connectivity index (χ1v) is 11.1. The summed E-state index contributed by atoms with van der Waals surface area (Å²) in [5.41, 5.74) is 3.91. The SMILES string of the molecule is COC(=O)C1=C(C(=O)OC)N(c2c(I)cc(C(F)(F)F)cc2C#N)C(N)=C(C#N)C1c1ccccc1. The minimum atomic E-state index is -4.76. The molecule has 1 aliphatic heterocycles. The Kier molecular flexibility index (Phi) is 7.59. The number of alkyl halides is 3. The van der Waals surface area contributed by atoms with Crippen LogP contribution < -0.4 is 10.6 Å². The number of ether oxygens (including phenoxy) is 2. The standard InChI is InChI=1S/C24H16F3IN4O4/c1-35-22(33)18-17(12-6-4-3-5-7-12)15(11-30)21(31)32(20(18)23(34)36-2)19-13(10-29)8-14(9-16(19)28)24(25,26)27/h3-9,17H,31H2,1-2H3. The van der Waals surface area contributed by atoms with Crippen molar-refractivity contribution in [1.82, 2.24) is 0 Å². The first-order chi connectivity index (χ1) is 17.0. The van der Waals surface area contributed by atoms with Crippen molar-refractivity contribution in [2.24, 2.45) is 5.73 Å². The van der Waals surface area contributed by atoms with E-state index in [-0.39, 0.29) is 26.2 Å². The normalized spacial score (nSPS) is 15.8. The van der Waals surface area contributed by atoms with Crippen LogP contribution in [0.25, 0.3) is 0 Å². The molecule has 0 saturated carbocycles. The van der Waals surface area contributed by atoms with Crippen molar-refractivity contribution in [2.45, 2.75) is 12.1 Å². The molecule has 0 bridgehead atoms. The van der Waals surface area contributed by atoms with Crippen molar-refractivity contribution >= 4 is 40.2 Å². The molecule has 1 aliphatic rings. The number of carbonyl (C=O) groups is 2. The van der Waals surface area contributed by atoms with Gasteiger partial charge in [-0.25, -0.2) is 9.59 Å². The summed E-state index contributed by atoms with van der Waals surface area (Å²) in [6, 6.07) is 13.2. The quantitative estimate of drug-likeness (QED) is 0.406. The molecule has 36 heavy (non-hydrogen) atoms. The van der Waals surface area contributed by atoms with Crippen molar-refractivity contribution < 1.29 is 32.2 Å². The molecule has 8 nitrogen and oxygen atoms in total. The molecule has 0 saturated heterocycles. The molecule has 0 aromatic heterocycles. The Morgan fingerprint density at radius 1 is 1.06 bits per heavy atom. The number of nitriles is 2. The summed E-state index contributed by atoms with van der Waals surface area (Å²) in [4.78, 5) is 27.0. The average molecular weight is 608 g/mol. The lowest BCUT2D eigenvalue weighted by Crippen LogP contribution is -2.41. The third kappa shape index (κ3) is 4.59. The summed E-state index contributed by atoms with van der Waals surface area (Å²) in [7, 11) is 2.09. The maximum absolute atomic E-state index is 13.4. The minimum absolute atomic E-state index is 0.122. The van der Waals surface area contributed by atoms with E-state index in [1.165, 1.54) is 0 Å². The summed E-state index contributed by atoms with van der Waals surface area (Å²) >= 11 is 1.56. The molecule has 0 amide bonds. The molecule has 0 spiro atoms. The third-order valence-electron chi connectivity index (χ3n) is 5.35. The van der Waals surface area contributed by atoms with Crippen LogP contribution in [0.4, 0.5) is 18.9 Å². The molecular weight excluding hydrogens is 592 g/mol. The van der Waals surface area contributed by atoms with Gasteiger partial charge in [0.25, 0.3) is 0 Å². The van der Waals surface area contributed by atoms with Crippen molar-refractivity contribution in [3.05, 3.63) is 85.4 Å². The van der Waals surface area contributed by atoms with Crippen molar-refractivity contribution in [2.75, 3.05) is 19.1 Å². The first kappa shape index (κ1) is 26.6. The summed E-state index contributed by atoms with van der Waals surface area (Å²) in [6.07, 6.45) is -4.76. The van der Waals surface area contributed by atoms with E-state index in [2.05, 4.69) is 0 Å². The van der Waals surface area contributed by atoms with E-state index in [1.807, 2.05) is 6.07 Å². The van der Waals surface area contributed by atoms with Crippen LogP contribution in [-0.4, -0.2) is 26.2 Å². The van der Waals surface area contributed by atoms with Crippen LogP contribution in [0.15, 0.2) is 65.1 Å². The predicted octanol–water partition coefficient (Wildman–Crippen LogP) is 4.08. The molecule has 2 aromatic carbocycles. The second-order valence-electron chi connectivity index (χ2n) is 7.30. The lowest BCUT2D eigenvalue weighted by molar-refractivity contribution is -0.139. The molecule has 2 N–H and O–H groups in total. The number of allylic oxidation sites excluding steroid dienone is 1. The fourth-order valence-electron chi connectivity index (χ4n) is 3.82. The van der Waals surface area contributed by atoms with Crippen LogP contribution >= 0.6 is 22.6 Å². The molecule has 0 radical (unpaired) electrons. The number of esters is 2. The Labute approximate surface area is 217 Å². The zero-order chi connectivity index (χ0) is 26.8. The van der Waals surface area contributed by atoms with E-state index in [9.17, 15) is 33.3 Å². The third-order valence-corrected chi connectivity index (χ3v) is 6.17. The molecular formula is C24H16F3IN4O4. The lowest BCUT2D eigenvalue weighted by Gasteiger charge is -2.36. The van der Waals surface area contributed by atoms with Crippen molar-refractivity contribution in [3.8, 4) is 12.1 Å². The van der Waals surface area contributed by atoms with E-state index in [0.717, 1.165) is 25.2 Å². The van der Waals surface area contributed by atoms with Crippen LogP contribution in [0.1, 0.15) is 22.6 Å². The topological polar surface area (TPSA) is 129 Å². The summed E-state index contributed by atoms with van der Waals surface area (Å²) < 4.78 is 49.9. The number of benzene rings is 2. The van der Waals surface area contributed by atoms with Crippen LogP contribution in [0, 0.1) is 26.2 Å². The molecule has 0 aliphatic carbocycles. The fourth-order valence-corrected chi connectivity index (χ4v) is 4.69. The van der Waals surface area contributed by atoms with Gasteiger partial charge in [-0.3, -0.25) is 4.90 Å². The van der Waals surface area contributed by atoms with Gasteiger partial charge in [0, 0.05) is 3.57 Å². The first-order valence-electron chi connectivity index (χ1n) is 9.98. The number of anilines is 1. The van der Waals surface area contributed by atoms with Crippen molar-refractivity contribution in [1.29, 1.82) is 10.5 Å². The van der Waals surface area contributed by atoms with Gasteiger partial charge < -0.3 is 15.2 Å². The maximum Gasteiger partial charge on any atom is 0.416 e. The van der Waals surface area contributed by atoms with Crippen LogP contribution in [0.3, 0.4) is 0 Å². The van der Waals surface area contributed by atoms with Gasteiger partial charge in [-0.2, -0.15) is 23.7 Å². The Hall–Kier alpha value is -4.04.